The first-order chi connectivity index (χ1) is 8.24. The van der Waals surface area contributed by atoms with Gasteiger partial charge in [0, 0.05) is 38.8 Å². The highest BCUT2D eigenvalue weighted by molar-refractivity contribution is 5.81. The van der Waals surface area contributed by atoms with Gasteiger partial charge in [-0.3, -0.25) is 0 Å². The number of rotatable bonds is 1. The molecule has 0 bridgehead atoms. The summed E-state index contributed by atoms with van der Waals surface area (Å²) in [6.45, 7) is 8.19. The predicted octanol–water partition coefficient (Wildman–Crippen LogP) is 1.85. The number of piperazine rings is 1. The first-order valence-electron chi connectivity index (χ1n) is 6.07. The van der Waals surface area contributed by atoms with Crippen molar-refractivity contribution in [3.05, 3.63) is 23.6 Å². The normalized spacial score (nSPS) is 16.7. The van der Waals surface area contributed by atoms with E-state index in [4.69, 9.17) is 4.42 Å². The van der Waals surface area contributed by atoms with Crippen LogP contribution in [0.15, 0.2) is 16.5 Å². The molecule has 1 aliphatic rings. The van der Waals surface area contributed by atoms with Gasteiger partial charge in [-0.05, 0) is 24.6 Å². The number of oxazole rings is 1. The van der Waals surface area contributed by atoms with Crippen LogP contribution in [0.1, 0.15) is 11.5 Å². The summed E-state index contributed by atoms with van der Waals surface area (Å²) in [5.74, 6) is 0.737. The van der Waals surface area contributed by atoms with E-state index in [0.717, 1.165) is 48.7 Å². The molecule has 4 nitrogen and oxygen atoms in total. The van der Waals surface area contributed by atoms with Crippen molar-refractivity contribution in [2.75, 3.05) is 31.1 Å². The van der Waals surface area contributed by atoms with Gasteiger partial charge in [-0.1, -0.05) is 0 Å². The monoisotopic (exact) mass is 231 g/mol. The van der Waals surface area contributed by atoms with Crippen molar-refractivity contribution in [3.8, 4) is 0 Å². The maximum absolute atomic E-state index is 5.60. The number of nitrogens with zero attached hydrogens (tertiary/aromatic N) is 2. The molecule has 17 heavy (non-hydrogen) atoms. The Labute approximate surface area is 101 Å². The number of hydrogen-bond donors (Lipinski definition) is 1. The smallest absolute Gasteiger partial charge is 0.192 e. The molecule has 4 heteroatoms. The molecule has 1 aromatic carbocycles. The van der Waals surface area contributed by atoms with Crippen molar-refractivity contribution in [1.29, 1.82) is 0 Å². The van der Waals surface area contributed by atoms with Gasteiger partial charge in [0.25, 0.3) is 0 Å². The van der Waals surface area contributed by atoms with Crippen LogP contribution in [0.25, 0.3) is 11.1 Å². The van der Waals surface area contributed by atoms with Crippen molar-refractivity contribution >= 4 is 16.8 Å². The maximum Gasteiger partial charge on any atom is 0.192 e. The van der Waals surface area contributed by atoms with Crippen molar-refractivity contribution < 1.29 is 4.42 Å². The summed E-state index contributed by atoms with van der Waals surface area (Å²) in [6, 6.07) is 4.32. The van der Waals surface area contributed by atoms with Crippen LogP contribution in [0.3, 0.4) is 0 Å². The standard InChI is InChI=1S/C13H17N3O/c1-9-7-11(16-5-3-14-4-6-16)8-12-13(9)17-10(2)15-12/h7-8,14H,3-6H2,1-2H3. The lowest BCUT2D eigenvalue weighted by molar-refractivity contribution is 0.559. The predicted molar refractivity (Wildman–Crippen MR) is 68.6 cm³/mol. The van der Waals surface area contributed by atoms with Crippen LogP contribution in [0.2, 0.25) is 0 Å². The lowest BCUT2D eigenvalue weighted by Crippen LogP contribution is -2.43. The van der Waals surface area contributed by atoms with Gasteiger partial charge >= 0.3 is 0 Å². The Balaban J connectivity index is 2.04. The summed E-state index contributed by atoms with van der Waals surface area (Å²) in [5.41, 5.74) is 4.30. The van der Waals surface area contributed by atoms with Gasteiger partial charge < -0.3 is 14.6 Å². The third-order valence-electron chi connectivity index (χ3n) is 3.25. The molecular weight excluding hydrogens is 214 g/mol. The second-order valence-electron chi connectivity index (χ2n) is 4.58. The van der Waals surface area contributed by atoms with Crippen LogP contribution in [-0.4, -0.2) is 31.2 Å². The number of fused-ring (bicyclic) bond motifs is 1. The molecule has 0 unspecified atom stereocenters. The Morgan fingerprint density at radius 2 is 2.00 bits per heavy atom. The Hall–Kier alpha value is -1.55. The highest BCUT2D eigenvalue weighted by Gasteiger charge is 2.14. The van der Waals surface area contributed by atoms with Crippen LogP contribution in [0, 0.1) is 13.8 Å². The number of nitrogens with one attached hydrogen (secondary N) is 1. The molecule has 0 radical (unpaired) electrons. The molecule has 2 aromatic rings. The molecule has 90 valence electrons. The number of aromatic nitrogens is 1. The highest BCUT2D eigenvalue weighted by atomic mass is 16.3. The van der Waals surface area contributed by atoms with Gasteiger partial charge in [0.1, 0.15) is 5.52 Å². The second kappa shape index (κ2) is 4.04. The number of anilines is 1. The topological polar surface area (TPSA) is 41.3 Å². The molecular formula is C13H17N3O. The van der Waals surface area contributed by atoms with Gasteiger partial charge in [0.05, 0.1) is 0 Å². The second-order valence-corrected chi connectivity index (χ2v) is 4.58. The Bertz CT molecular complexity index is 541. The molecule has 1 aliphatic heterocycles. The summed E-state index contributed by atoms with van der Waals surface area (Å²) in [6.07, 6.45) is 0. The Morgan fingerprint density at radius 3 is 2.76 bits per heavy atom. The minimum Gasteiger partial charge on any atom is -0.441 e. The summed E-state index contributed by atoms with van der Waals surface area (Å²) in [4.78, 5) is 6.82. The van der Waals surface area contributed by atoms with Gasteiger partial charge in [-0.25, -0.2) is 4.98 Å². The largest absolute Gasteiger partial charge is 0.441 e. The first kappa shape index (κ1) is 10.6. The zero-order chi connectivity index (χ0) is 11.8. The van der Waals surface area contributed by atoms with Gasteiger partial charge in [0.2, 0.25) is 0 Å². The fourth-order valence-electron chi connectivity index (χ4n) is 2.40. The molecule has 0 saturated carbocycles. The fourth-order valence-corrected chi connectivity index (χ4v) is 2.40. The molecule has 0 amide bonds. The quantitative estimate of drug-likeness (QED) is 0.813. The zero-order valence-electron chi connectivity index (χ0n) is 10.3. The molecule has 1 N–H and O–H groups in total. The third kappa shape index (κ3) is 1.89. The lowest BCUT2D eigenvalue weighted by Gasteiger charge is -2.29. The van der Waals surface area contributed by atoms with Gasteiger partial charge in [0.15, 0.2) is 11.5 Å². The maximum atomic E-state index is 5.60. The molecule has 0 atom stereocenters. The Morgan fingerprint density at radius 1 is 1.24 bits per heavy atom. The van der Waals surface area contributed by atoms with Crippen molar-refractivity contribution in [2.24, 2.45) is 0 Å². The van der Waals surface area contributed by atoms with E-state index in [9.17, 15) is 0 Å². The lowest BCUT2D eigenvalue weighted by atomic mass is 10.1. The Kier molecular flexibility index (Phi) is 2.52. The van der Waals surface area contributed by atoms with E-state index >= 15 is 0 Å². The highest BCUT2D eigenvalue weighted by Crippen LogP contribution is 2.26. The molecule has 2 heterocycles. The van der Waals surface area contributed by atoms with Crippen molar-refractivity contribution in [3.63, 3.8) is 0 Å². The molecule has 3 rings (SSSR count). The van der Waals surface area contributed by atoms with Crippen LogP contribution in [-0.2, 0) is 0 Å². The summed E-state index contributed by atoms with van der Waals surface area (Å²) < 4.78 is 5.60. The van der Waals surface area contributed by atoms with Crippen molar-refractivity contribution in [1.82, 2.24) is 10.3 Å². The fraction of sp³-hybridized carbons (Fsp3) is 0.462. The van der Waals surface area contributed by atoms with E-state index in [0.29, 0.717) is 0 Å². The molecule has 1 fully saturated rings. The zero-order valence-corrected chi connectivity index (χ0v) is 10.3. The van der Waals surface area contributed by atoms with E-state index in [1.54, 1.807) is 0 Å². The van der Waals surface area contributed by atoms with Crippen LogP contribution in [0.5, 0.6) is 0 Å². The van der Waals surface area contributed by atoms with Crippen LogP contribution in [0.4, 0.5) is 5.69 Å². The summed E-state index contributed by atoms with van der Waals surface area (Å²) >= 11 is 0. The average molecular weight is 231 g/mol. The first-order valence-corrected chi connectivity index (χ1v) is 6.07. The third-order valence-corrected chi connectivity index (χ3v) is 3.25. The minimum atomic E-state index is 0.737. The molecule has 0 spiro atoms. The van der Waals surface area contributed by atoms with E-state index in [1.165, 1.54) is 5.69 Å². The van der Waals surface area contributed by atoms with Gasteiger partial charge in [-0.15, -0.1) is 0 Å². The average Bonchev–Trinajstić information content (AvgIpc) is 2.71. The number of benzene rings is 1. The molecule has 1 aromatic heterocycles. The van der Waals surface area contributed by atoms with Crippen LogP contribution >= 0.6 is 0 Å². The van der Waals surface area contributed by atoms with Crippen molar-refractivity contribution in [2.45, 2.75) is 13.8 Å². The van der Waals surface area contributed by atoms with E-state index < -0.39 is 0 Å². The van der Waals surface area contributed by atoms with Crippen LogP contribution < -0.4 is 10.2 Å². The minimum absolute atomic E-state index is 0.737. The SMILES string of the molecule is Cc1nc2cc(N3CCNCC3)cc(C)c2o1. The van der Waals surface area contributed by atoms with E-state index in [-0.39, 0.29) is 0 Å². The number of hydrogen-bond acceptors (Lipinski definition) is 4. The molecule has 0 aliphatic carbocycles. The summed E-state index contributed by atoms with van der Waals surface area (Å²) in [5, 5.41) is 3.36. The summed E-state index contributed by atoms with van der Waals surface area (Å²) in [7, 11) is 0. The van der Waals surface area contributed by atoms with E-state index in [1.807, 2.05) is 6.92 Å². The van der Waals surface area contributed by atoms with Gasteiger partial charge in [-0.2, -0.15) is 0 Å². The molecule has 1 saturated heterocycles. The number of aryl methyl sites for hydroxylation is 2. The van der Waals surface area contributed by atoms with E-state index in [2.05, 4.69) is 34.3 Å².